The molecule has 2 atom stereocenters. The lowest BCUT2D eigenvalue weighted by Crippen LogP contribution is -2.53. The summed E-state index contributed by atoms with van der Waals surface area (Å²) < 4.78 is 1.96. The Labute approximate surface area is 124 Å². The molecule has 2 N–H and O–H groups in total. The molecule has 0 spiro atoms. The number of aromatic nitrogens is 2. The fraction of sp³-hybridized carbons (Fsp3) is 0.438. The fourth-order valence-electron chi connectivity index (χ4n) is 2.67. The molecule has 1 aromatic carbocycles. The third-order valence-corrected chi connectivity index (χ3v) is 4.23. The first-order chi connectivity index (χ1) is 10.0. The fourth-order valence-corrected chi connectivity index (χ4v) is 2.67. The highest BCUT2D eigenvalue weighted by molar-refractivity contribution is 5.34. The van der Waals surface area contributed by atoms with Crippen LogP contribution in [-0.4, -0.2) is 49.5 Å². The van der Waals surface area contributed by atoms with Gasteiger partial charge in [0.05, 0.1) is 18.0 Å². The van der Waals surface area contributed by atoms with Crippen LogP contribution in [-0.2, 0) is 6.54 Å². The van der Waals surface area contributed by atoms with Crippen LogP contribution >= 0.6 is 0 Å². The molecule has 2 aromatic rings. The maximum absolute atomic E-state index is 9.98. The predicted molar refractivity (Wildman–Crippen MR) is 80.1 cm³/mol. The van der Waals surface area contributed by atoms with E-state index in [9.17, 15) is 10.2 Å². The number of rotatable bonds is 3. The maximum atomic E-state index is 9.98. The van der Waals surface area contributed by atoms with Crippen LogP contribution in [0.1, 0.15) is 18.9 Å². The summed E-state index contributed by atoms with van der Waals surface area (Å²) in [6, 6.07) is 8.31. The number of imidazole rings is 1. The van der Waals surface area contributed by atoms with Crippen molar-refractivity contribution < 1.29 is 10.2 Å². The first-order valence-electron chi connectivity index (χ1n) is 7.25. The normalized spacial score (nSPS) is 26.9. The molecule has 0 bridgehead atoms. The molecule has 1 fully saturated rings. The molecule has 0 amide bonds. The molecule has 21 heavy (non-hydrogen) atoms. The smallest absolute Gasteiger partial charge is 0.0991 e. The molecule has 3 rings (SSSR count). The zero-order valence-electron chi connectivity index (χ0n) is 12.2. The SMILES string of the molecule is C[C@@]1(O)CCN(Cc2ccc(-n3ccnc3)cc2)C[C@H]1O. The predicted octanol–water partition coefficient (Wildman–Crippen LogP) is 1.19. The van der Waals surface area contributed by atoms with E-state index in [0.717, 1.165) is 18.8 Å². The lowest BCUT2D eigenvalue weighted by atomic mass is 9.90. The summed E-state index contributed by atoms with van der Waals surface area (Å²) >= 11 is 0. The van der Waals surface area contributed by atoms with Gasteiger partial charge in [-0.05, 0) is 31.0 Å². The number of likely N-dealkylation sites (tertiary alicyclic amines) is 1. The number of hydrogen-bond donors (Lipinski definition) is 2. The van der Waals surface area contributed by atoms with Crippen molar-refractivity contribution in [1.82, 2.24) is 14.5 Å². The highest BCUT2D eigenvalue weighted by atomic mass is 16.3. The zero-order valence-corrected chi connectivity index (χ0v) is 12.2. The minimum atomic E-state index is -0.957. The van der Waals surface area contributed by atoms with Crippen LogP contribution in [0, 0.1) is 0 Å². The van der Waals surface area contributed by atoms with Crippen molar-refractivity contribution in [3.05, 3.63) is 48.5 Å². The largest absolute Gasteiger partial charge is 0.389 e. The summed E-state index contributed by atoms with van der Waals surface area (Å²) in [5, 5.41) is 19.9. The van der Waals surface area contributed by atoms with Gasteiger partial charge in [-0.25, -0.2) is 4.98 Å². The molecule has 1 saturated heterocycles. The monoisotopic (exact) mass is 287 g/mol. The van der Waals surface area contributed by atoms with Crippen LogP contribution in [0.4, 0.5) is 0 Å². The second-order valence-electron chi connectivity index (χ2n) is 5.99. The average Bonchev–Trinajstić information content (AvgIpc) is 2.98. The minimum Gasteiger partial charge on any atom is -0.389 e. The Balaban J connectivity index is 1.64. The molecule has 112 valence electrons. The van der Waals surface area contributed by atoms with E-state index in [1.807, 2.05) is 10.8 Å². The molecule has 5 nitrogen and oxygen atoms in total. The zero-order chi connectivity index (χ0) is 14.9. The third kappa shape index (κ3) is 3.15. The molecule has 1 aliphatic rings. The lowest BCUT2D eigenvalue weighted by Gasteiger charge is -2.39. The lowest BCUT2D eigenvalue weighted by molar-refractivity contribution is -0.108. The van der Waals surface area contributed by atoms with Crippen LogP contribution < -0.4 is 0 Å². The second-order valence-corrected chi connectivity index (χ2v) is 5.99. The Morgan fingerprint density at radius 2 is 2.10 bits per heavy atom. The van der Waals surface area contributed by atoms with Crippen LogP contribution in [0.15, 0.2) is 43.0 Å². The molecule has 2 heterocycles. The van der Waals surface area contributed by atoms with Crippen LogP contribution in [0.5, 0.6) is 0 Å². The van der Waals surface area contributed by atoms with E-state index < -0.39 is 11.7 Å². The number of nitrogens with zero attached hydrogens (tertiary/aromatic N) is 3. The van der Waals surface area contributed by atoms with Crippen molar-refractivity contribution in [2.24, 2.45) is 0 Å². The van der Waals surface area contributed by atoms with E-state index in [4.69, 9.17) is 0 Å². The maximum Gasteiger partial charge on any atom is 0.0991 e. The van der Waals surface area contributed by atoms with E-state index in [0.29, 0.717) is 13.0 Å². The molecule has 0 saturated carbocycles. The van der Waals surface area contributed by atoms with Crippen molar-refractivity contribution in [2.45, 2.75) is 31.6 Å². The summed E-state index contributed by atoms with van der Waals surface area (Å²) in [5.41, 5.74) is 1.33. The van der Waals surface area contributed by atoms with Crippen molar-refractivity contribution >= 4 is 0 Å². The first-order valence-corrected chi connectivity index (χ1v) is 7.25. The molecule has 1 aliphatic heterocycles. The number of piperidine rings is 1. The summed E-state index contributed by atoms with van der Waals surface area (Å²) in [5.74, 6) is 0. The van der Waals surface area contributed by atoms with Crippen molar-refractivity contribution in [1.29, 1.82) is 0 Å². The van der Waals surface area contributed by atoms with Gasteiger partial charge in [0.25, 0.3) is 0 Å². The van der Waals surface area contributed by atoms with E-state index in [2.05, 4.69) is 34.1 Å². The Bertz CT molecular complexity index is 578. The topological polar surface area (TPSA) is 61.5 Å². The van der Waals surface area contributed by atoms with Crippen molar-refractivity contribution in [3.8, 4) is 5.69 Å². The summed E-state index contributed by atoms with van der Waals surface area (Å²) in [4.78, 5) is 6.22. The number of aliphatic hydroxyl groups is 2. The van der Waals surface area contributed by atoms with Gasteiger partial charge in [0.2, 0.25) is 0 Å². The molecular formula is C16H21N3O2. The van der Waals surface area contributed by atoms with Crippen LogP contribution in [0.2, 0.25) is 0 Å². The number of β-amino-alcohol motifs (C(OH)–C–C–N with tert-alkyl or cyclic N) is 1. The molecule has 0 radical (unpaired) electrons. The summed E-state index contributed by atoms with van der Waals surface area (Å²) in [6.45, 7) is 3.80. The highest BCUT2D eigenvalue weighted by Gasteiger charge is 2.36. The van der Waals surface area contributed by atoms with Gasteiger partial charge in [0, 0.05) is 37.7 Å². The number of benzene rings is 1. The van der Waals surface area contributed by atoms with Gasteiger partial charge in [0.1, 0.15) is 0 Å². The van der Waals surface area contributed by atoms with Crippen LogP contribution in [0.25, 0.3) is 5.69 Å². The van der Waals surface area contributed by atoms with E-state index in [-0.39, 0.29) is 0 Å². The van der Waals surface area contributed by atoms with Gasteiger partial charge in [-0.1, -0.05) is 12.1 Å². The second kappa shape index (κ2) is 5.60. The van der Waals surface area contributed by atoms with E-state index in [1.165, 1.54) is 5.56 Å². The Hall–Kier alpha value is -1.69. The molecule has 5 heteroatoms. The molecule has 0 aliphatic carbocycles. The van der Waals surface area contributed by atoms with Gasteiger partial charge in [-0.15, -0.1) is 0 Å². The van der Waals surface area contributed by atoms with Gasteiger partial charge in [-0.2, -0.15) is 0 Å². The first kappa shape index (κ1) is 14.3. The number of hydrogen-bond acceptors (Lipinski definition) is 4. The third-order valence-electron chi connectivity index (χ3n) is 4.23. The number of aliphatic hydroxyl groups excluding tert-OH is 1. The molecule has 1 aromatic heterocycles. The van der Waals surface area contributed by atoms with E-state index >= 15 is 0 Å². The van der Waals surface area contributed by atoms with Gasteiger partial charge in [-0.3, -0.25) is 4.90 Å². The Morgan fingerprint density at radius 1 is 1.33 bits per heavy atom. The standard InChI is InChI=1S/C16H21N3O2/c1-16(21)6-8-18(11-15(16)20)10-13-2-4-14(5-3-13)19-9-7-17-12-19/h2-5,7,9,12,15,20-21H,6,8,10-11H2,1H3/t15-,16-/m1/s1. The minimum absolute atomic E-state index is 0.510. The van der Waals surface area contributed by atoms with Gasteiger partial charge in [0.15, 0.2) is 0 Å². The summed E-state index contributed by atoms with van der Waals surface area (Å²) in [6.07, 6.45) is 5.36. The van der Waals surface area contributed by atoms with Crippen molar-refractivity contribution in [2.75, 3.05) is 13.1 Å². The summed E-state index contributed by atoms with van der Waals surface area (Å²) in [7, 11) is 0. The van der Waals surface area contributed by atoms with Gasteiger partial charge < -0.3 is 14.8 Å². The molecular weight excluding hydrogens is 266 g/mol. The van der Waals surface area contributed by atoms with E-state index in [1.54, 1.807) is 19.4 Å². The van der Waals surface area contributed by atoms with Crippen LogP contribution in [0.3, 0.4) is 0 Å². The quantitative estimate of drug-likeness (QED) is 0.890. The average molecular weight is 287 g/mol. The highest BCUT2D eigenvalue weighted by Crippen LogP contribution is 2.23. The molecule has 0 unspecified atom stereocenters. The van der Waals surface area contributed by atoms with Crippen molar-refractivity contribution in [3.63, 3.8) is 0 Å². The van der Waals surface area contributed by atoms with Gasteiger partial charge >= 0.3 is 0 Å². The Morgan fingerprint density at radius 3 is 2.71 bits per heavy atom. The Kier molecular flexibility index (Phi) is 3.80.